The number of hydrogen-bond donors (Lipinski definition) is 0. The van der Waals surface area contributed by atoms with Gasteiger partial charge in [0, 0.05) is 16.1 Å². The van der Waals surface area contributed by atoms with E-state index in [0.717, 1.165) is 37.8 Å². The zero-order chi connectivity index (χ0) is 11.2. The van der Waals surface area contributed by atoms with Gasteiger partial charge in [-0.1, -0.05) is 23.2 Å². The van der Waals surface area contributed by atoms with E-state index in [0.29, 0.717) is 0 Å². The number of aryl methyl sites for hydroxylation is 3. The second-order valence-corrected chi connectivity index (χ2v) is 4.56. The zero-order valence-electron chi connectivity index (χ0n) is 8.86. The molecule has 78 valence electrons. The van der Waals surface area contributed by atoms with E-state index < -0.39 is 0 Å². The molecule has 0 spiro atoms. The standard InChI is InChI=1S/C12H11Cl2N/c1-6-4-9-10(13)5-7(2)15-12(9)8(3)11(6)14/h4-5H,1-3H3. The van der Waals surface area contributed by atoms with Gasteiger partial charge in [0.15, 0.2) is 0 Å². The SMILES string of the molecule is Cc1cc(Cl)c2cc(C)c(Cl)c(C)c2n1. The summed E-state index contributed by atoms with van der Waals surface area (Å²) >= 11 is 12.4. The quantitative estimate of drug-likeness (QED) is 0.662. The molecule has 3 heteroatoms. The molecule has 15 heavy (non-hydrogen) atoms. The van der Waals surface area contributed by atoms with Crippen molar-refractivity contribution < 1.29 is 0 Å². The third kappa shape index (κ3) is 1.70. The molecule has 1 aromatic heterocycles. The Kier molecular flexibility index (Phi) is 2.61. The normalized spacial score (nSPS) is 11.0. The van der Waals surface area contributed by atoms with Gasteiger partial charge in [-0.05, 0) is 44.0 Å². The van der Waals surface area contributed by atoms with Gasteiger partial charge >= 0.3 is 0 Å². The molecule has 0 bridgehead atoms. The lowest BCUT2D eigenvalue weighted by molar-refractivity contribution is 1.24. The number of rotatable bonds is 0. The van der Waals surface area contributed by atoms with E-state index in [1.807, 2.05) is 32.9 Å². The van der Waals surface area contributed by atoms with Gasteiger partial charge < -0.3 is 0 Å². The Morgan fingerprint density at radius 3 is 2.40 bits per heavy atom. The van der Waals surface area contributed by atoms with Crippen molar-refractivity contribution in [2.75, 3.05) is 0 Å². The number of fused-ring (bicyclic) bond motifs is 1. The molecule has 2 rings (SSSR count). The molecule has 0 aliphatic heterocycles. The highest BCUT2D eigenvalue weighted by molar-refractivity contribution is 6.37. The molecule has 0 atom stereocenters. The van der Waals surface area contributed by atoms with Crippen LogP contribution in [0.3, 0.4) is 0 Å². The van der Waals surface area contributed by atoms with Crippen molar-refractivity contribution in [3.63, 3.8) is 0 Å². The third-order valence-electron chi connectivity index (χ3n) is 2.53. The van der Waals surface area contributed by atoms with Crippen LogP contribution in [0.4, 0.5) is 0 Å². The minimum absolute atomic E-state index is 0.736. The average molecular weight is 240 g/mol. The van der Waals surface area contributed by atoms with Crippen LogP contribution in [0.1, 0.15) is 16.8 Å². The van der Waals surface area contributed by atoms with Gasteiger partial charge in [-0.2, -0.15) is 0 Å². The van der Waals surface area contributed by atoms with Gasteiger partial charge in [0.05, 0.1) is 10.5 Å². The summed E-state index contributed by atoms with van der Waals surface area (Å²) in [4.78, 5) is 4.47. The summed E-state index contributed by atoms with van der Waals surface area (Å²) in [5.41, 5.74) is 3.85. The number of hydrogen-bond acceptors (Lipinski definition) is 1. The van der Waals surface area contributed by atoms with Crippen molar-refractivity contribution in [1.82, 2.24) is 4.98 Å². The summed E-state index contributed by atoms with van der Waals surface area (Å²) in [6.45, 7) is 5.88. The van der Waals surface area contributed by atoms with E-state index in [-0.39, 0.29) is 0 Å². The van der Waals surface area contributed by atoms with Crippen molar-refractivity contribution in [2.24, 2.45) is 0 Å². The number of nitrogens with zero attached hydrogens (tertiary/aromatic N) is 1. The second kappa shape index (κ2) is 3.66. The average Bonchev–Trinajstić information content (AvgIpc) is 2.17. The first-order valence-electron chi connectivity index (χ1n) is 4.73. The van der Waals surface area contributed by atoms with Crippen LogP contribution < -0.4 is 0 Å². The molecule has 1 heterocycles. The summed E-state index contributed by atoms with van der Waals surface area (Å²) in [6.07, 6.45) is 0. The number of aromatic nitrogens is 1. The highest BCUT2D eigenvalue weighted by Gasteiger charge is 2.09. The Bertz CT molecular complexity index is 547. The summed E-state index contributed by atoms with van der Waals surface area (Å²) in [6, 6.07) is 3.86. The smallest absolute Gasteiger partial charge is 0.0764 e. The Morgan fingerprint density at radius 2 is 1.73 bits per heavy atom. The van der Waals surface area contributed by atoms with Gasteiger partial charge in [0.1, 0.15) is 0 Å². The van der Waals surface area contributed by atoms with Gasteiger partial charge in [-0.15, -0.1) is 0 Å². The third-order valence-corrected chi connectivity index (χ3v) is 3.42. The molecule has 0 aliphatic carbocycles. The highest BCUT2D eigenvalue weighted by Crippen LogP contribution is 2.31. The monoisotopic (exact) mass is 239 g/mol. The van der Waals surface area contributed by atoms with Gasteiger partial charge in [0.2, 0.25) is 0 Å². The second-order valence-electron chi connectivity index (χ2n) is 3.77. The van der Waals surface area contributed by atoms with Crippen LogP contribution in [0, 0.1) is 20.8 Å². The summed E-state index contributed by atoms with van der Waals surface area (Å²) in [7, 11) is 0. The van der Waals surface area contributed by atoms with Crippen molar-refractivity contribution in [3.8, 4) is 0 Å². The molecular formula is C12H11Cl2N. The number of pyridine rings is 1. The first-order chi connectivity index (χ1) is 7.00. The maximum Gasteiger partial charge on any atom is 0.0764 e. The largest absolute Gasteiger partial charge is 0.253 e. The van der Waals surface area contributed by atoms with Gasteiger partial charge in [0.25, 0.3) is 0 Å². The summed E-state index contributed by atoms with van der Waals surface area (Å²) in [5.74, 6) is 0. The lowest BCUT2D eigenvalue weighted by atomic mass is 10.1. The molecule has 0 N–H and O–H groups in total. The molecule has 0 aliphatic rings. The fraction of sp³-hybridized carbons (Fsp3) is 0.250. The van der Waals surface area contributed by atoms with Crippen LogP contribution in [-0.2, 0) is 0 Å². The predicted molar refractivity (Wildman–Crippen MR) is 66.0 cm³/mol. The molecule has 0 unspecified atom stereocenters. The van der Waals surface area contributed by atoms with Crippen molar-refractivity contribution in [2.45, 2.75) is 20.8 Å². The zero-order valence-corrected chi connectivity index (χ0v) is 10.4. The summed E-state index contributed by atoms with van der Waals surface area (Å²) in [5, 5.41) is 2.48. The highest BCUT2D eigenvalue weighted by atomic mass is 35.5. The Labute approximate surface area is 99.0 Å². The van der Waals surface area contributed by atoms with Crippen LogP contribution in [0.2, 0.25) is 10.0 Å². The molecular weight excluding hydrogens is 229 g/mol. The van der Waals surface area contributed by atoms with E-state index in [1.54, 1.807) is 0 Å². The Balaban J connectivity index is 2.98. The minimum atomic E-state index is 0.736. The molecule has 0 saturated heterocycles. The lowest BCUT2D eigenvalue weighted by Gasteiger charge is -2.09. The molecule has 1 aromatic carbocycles. The lowest BCUT2D eigenvalue weighted by Crippen LogP contribution is -1.91. The molecule has 1 nitrogen and oxygen atoms in total. The van der Waals surface area contributed by atoms with Crippen LogP contribution in [0.5, 0.6) is 0 Å². The molecule has 0 amide bonds. The van der Waals surface area contributed by atoms with Crippen molar-refractivity contribution >= 4 is 34.1 Å². The maximum absolute atomic E-state index is 6.18. The van der Waals surface area contributed by atoms with Crippen LogP contribution in [-0.4, -0.2) is 4.98 Å². The van der Waals surface area contributed by atoms with Gasteiger partial charge in [-0.25, -0.2) is 0 Å². The van der Waals surface area contributed by atoms with Gasteiger partial charge in [-0.3, -0.25) is 4.98 Å². The van der Waals surface area contributed by atoms with E-state index in [4.69, 9.17) is 23.2 Å². The fourth-order valence-electron chi connectivity index (χ4n) is 1.75. The Hall–Kier alpha value is -0.790. The molecule has 2 aromatic rings. The minimum Gasteiger partial charge on any atom is -0.253 e. The summed E-state index contributed by atoms with van der Waals surface area (Å²) < 4.78 is 0. The van der Waals surface area contributed by atoms with Crippen molar-refractivity contribution in [3.05, 3.63) is 39.0 Å². The van der Waals surface area contributed by atoms with Crippen molar-refractivity contribution in [1.29, 1.82) is 0 Å². The molecule has 0 radical (unpaired) electrons. The first kappa shape index (κ1) is 10.7. The Morgan fingerprint density at radius 1 is 1.07 bits per heavy atom. The molecule has 0 fully saturated rings. The topological polar surface area (TPSA) is 12.9 Å². The fourth-order valence-corrected chi connectivity index (χ4v) is 2.19. The van der Waals surface area contributed by atoms with E-state index in [2.05, 4.69) is 4.98 Å². The number of benzene rings is 1. The predicted octanol–water partition coefficient (Wildman–Crippen LogP) is 4.47. The molecule has 0 saturated carbocycles. The van der Waals surface area contributed by atoms with Crippen LogP contribution in [0.15, 0.2) is 12.1 Å². The first-order valence-corrected chi connectivity index (χ1v) is 5.49. The van der Waals surface area contributed by atoms with E-state index in [9.17, 15) is 0 Å². The van der Waals surface area contributed by atoms with Crippen LogP contribution >= 0.6 is 23.2 Å². The van der Waals surface area contributed by atoms with Crippen LogP contribution in [0.25, 0.3) is 10.9 Å². The van der Waals surface area contributed by atoms with E-state index in [1.165, 1.54) is 0 Å². The maximum atomic E-state index is 6.18. The van der Waals surface area contributed by atoms with E-state index >= 15 is 0 Å². The number of halogens is 2.